The smallest absolute Gasteiger partial charge is 0.317 e. The lowest BCUT2D eigenvalue weighted by molar-refractivity contribution is 0.170. The SMILES string of the molecule is CC1CCCN(C(=O)NCCS(=O)(=O)N(C)C)C1. The average molecular weight is 277 g/mol. The van der Waals surface area contributed by atoms with Gasteiger partial charge in [0.25, 0.3) is 0 Å². The van der Waals surface area contributed by atoms with E-state index in [-0.39, 0.29) is 18.3 Å². The minimum atomic E-state index is -3.24. The van der Waals surface area contributed by atoms with Crippen LogP contribution >= 0.6 is 0 Å². The number of nitrogens with one attached hydrogen (secondary N) is 1. The van der Waals surface area contributed by atoms with E-state index in [1.807, 2.05) is 0 Å². The number of urea groups is 1. The van der Waals surface area contributed by atoms with E-state index < -0.39 is 10.0 Å². The van der Waals surface area contributed by atoms with Crippen molar-refractivity contribution in [1.29, 1.82) is 0 Å². The predicted octanol–water partition coefficient (Wildman–Crippen LogP) is 0.319. The summed E-state index contributed by atoms with van der Waals surface area (Å²) in [7, 11) is -0.256. The summed E-state index contributed by atoms with van der Waals surface area (Å²) in [6, 6.07) is -0.157. The first kappa shape index (κ1) is 15.2. The molecular formula is C11H23N3O3S. The highest BCUT2D eigenvalue weighted by atomic mass is 32.2. The van der Waals surface area contributed by atoms with Crippen molar-refractivity contribution >= 4 is 16.1 Å². The number of hydrogen-bond donors (Lipinski definition) is 1. The molecule has 1 N–H and O–H groups in total. The second-order valence-corrected chi connectivity index (χ2v) is 7.33. The van der Waals surface area contributed by atoms with Crippen molar-refractivity contribution < 1.29 is 13.2 Å². The predicted molar refractivity (Wildman–Crippen MR) is 70.8 cm³/mol. The summed E-state index contributed by atoms with van der Waals surface area (Å²) in [5, 5.41) is 2.67. The van der Waals surface area contributed by atoms with Crippen LogP contribution in [0.4, 0.5) is 4.79 Å². The maximum absolute atomic E-state index is 11.8. The van der Waals surface area contributed by atoms with Gasteiger partial charge >= 0.3 is 6.03 Å². The van der Waals surface area contributed by atoms with E-state index in [2.05, 4.69) is 12.2 Å². The van der Waals surface area contributed by atoms with Crippen LogP contribution in [0.15, 0.2) is 0 Å². The molecule has 1 rings (SSSR count). The van der Waals surface area contributed by atoms with E-state index in [9.17, 15) is 13.2 Å². The van der Waals surface area contributed by atoms with Gasteiger partial charge in [-0.1, -0.05) is 6.92 Å². The number of hydrogen-bond acceptors (Lipinski definition) is 3. The van der Waals surface area contributed by atoms with Crippen molar-refractivity contribution in [2.24, 2.45) is 5.92 Å². The molecule has 1 aliphatic rings. The van der Waals surface area contributed by atoms with Crippen LogP contribution in [0.2, 0.25) is 0 Å². The van der Waals surface area contributed by atoms with Gasteiger partial charge in [0.15, 0.2) is 0 Å². The lowest BCUT2D eigenvalue weighted by Gasteiger charge is -2.30. The normalized spacial score (nSPS) is 21.1. The fourth-order valence-electron chi connectivity index (χ4n) is 1.96. The zero-order valence-corrected chi connectivity index (χ0v) is 12.2. The Bertz CT molecular complexity index is 381. The number of carbonyl (C=O) groups excluding carboxylic acids is 1. The molecule has 1 fully saturated rings. The summed E-state index contributed by atoms with van der Waals surface area (Å²) < 4.78 is 24.2. The summed E-state index contributed by atoms with van der Waals surface area (Å²) in [5.41, 5.74) is 0. The third-order valence-electron chi connectivity index (χ3n) is 3.14. The molecule has 0 bridgehead atoms. The third kappa shape index (κ3) is 4.45. The standard InChI is InChI=1S/C11H23N3O3S/c1-10-5-4-7-14(9-10)11(15)12-6-8-18(16,17)13(2)3/h10H,4-9H2,1-3H3,(H,12,15). The maximum atomic E-state index is 11.8. The van der Waals surface area contributed by atoms with Gasteiger partial charge in [-0.05, 0) is 18.8 Å². The van der Waals surface area contributed by atoms with Gasteiger partial charge in [-0.15, -0.1) is 0 Å². The van der Waals surface area contributed by atoms with Gasteiger partial charge in [-0.3, -0.25) is 0 Å². The van der Waals surface area contributed by atoms with Crippen LogP contribution in [0.1, 0.15) is 19.8 Å². The largest absolute Gasteiger partial charge is 0.337 e. The van der Waals surface area contributed by atoms with Gasteiger partial charge in [-0.25, -0.2) is 17.5 Å². The van der Waals surface area contributed by atoms with Crippen LogP contribution in [0.5, 0.6) is 0 Å². The van der Waals surface area contributed by atoms with Crippen molar-refractivity contribution in [1.82, 2.24) is 14.5 Å². The molecule has 1 aliphatic heterocycles. The van der Waals surface area contributed by atoms with Gasteiger partial charge in [0, 0.05) is 33.7 Å². The molecule has 7 heteroatoms. The summed E-state index contributed by atoms with van der Waals surface area (Å²) in [6.07, 6.45) is 2.17. The molecule has 0 aromatic heterocycles. The highest BCUT2D eigenvalue weighted by Crippen LogP contribution is 2.15. The van der Waals surface area contributed by atoms with E-state index in [0.29, 0.717) is 5.92 Å². The lowest BCUT2D eigenvalue weighted by atomic mass is 10.0. The highest BCUT2D eigenvalue weighted by molar-refractivity contribution is 7.89. The Kier molecular flexibility index (Phi) is 5.40. The van der Waals surface area contributed by atoms with Crippen molar-refractivity contribution in [3.8, 4) is 0 Å². The monoisotopic (exact) mass is 277 g/mol. The first-order chi connectivity index (χ1) is 8.33. The summed E-state index contributed by atoms with van der Waals surface area (Å²) >= 11 is 0. The number of amides is 2. The van der Waals surface area contributed by atoms with Gasteiger partial charge in [-0.2, -0.15) is 0 Å². The van der Waals surface area contributed by atoms with Crippen molar-refractivity contribution in [2.75, 3.05) is 39.5 Å². The molecular weight excluding hydrogens is 254 g/mol. The van der Waals surface area contributed by atoms with E-state index in [1.165, 1.54) is 18.4 Å². The van der Waals surface area contributed by atoms with Gasteiger partial charge in [0.2, 0.25) is 10.0 Å². The Morgan fingerprint density at radius 2 is 2.11 bits per heavy atom. The summed E-state index contributed by atoms with van der Waals surface area (Å²) in [4.78, 5) is 13.6. The number of nitrogens with zero attached hydrogens (tertiary/aromatic N) is 2. The van der Waals surface area contributed by atoms with Crippen molar-refractivity contribution in [2.45, 2.75) is 19.8 Å². The first-order valence-electron chi connectivity index (χ1n) is 6.26. The topological polar surface area (TPSA) is 69.7 Å². The minimum Gasteiger partial charge on any atom is -0.337 e. The quantitative estimate of drug-likeness (QED) is 0.804. The zero-order valence-electron chi connectivity index (χ0n) is 11.3. The van der Waals surface area contributed by atoms with Crippen molar-refractivity contribution in [3.05, 3.63) is 0 Å². The Morgan fingerprint density at radius 3 is 2.67 bits per heavy atom. The van der Waals surface area contributed by atoms with Gasteiger partial charge in [0.1, 0.15) is 0 Å². The summed E-state index contributed by atoms with van der Waals surface area (Å²) in [6.45, 7) is 3.79. The molecule has 0 aromatic carbocycles. The Morgan fingerprint density at radius 1 is 1.44 bits per heavy atom. The van der Waals surface area contributed by atoms with Gasteiger partial charge in [0.05, 0.1) is 5.75 Å². The molecule has 1 heterocycles. The maximum Gasteiger partial charge on any atom is 0.317 e. The fraction of sp³-hybridized carbons (Fsp3) is 0.909. The average Bonchev–Trinajstić information content (AvgIpc) is 2.28. The first-order valence-corrected chi connectivity index (χ1v) is 7.87. The van der Waals surface area contributed by atoms with E-state index >= 15 is 0 Å². The van der Waals surface area contributed by atoms with Crippen LogP contribution in [-0.2, 0) is 10.0 Å². The number of carbonyl (C=O) groups is 1. The van der Waals surface area contributed by atoms with Crippen LogP contribution < -0.4 is 5.32 Å². The molecule has 2 amide bonds. The van der Waals surface area contributed by atoms with Gasteiger partial charge < -0.3 is 10.2 Å². The molecule has 106 valence electrons. The number of piperidine rings is 1. The Labute approximate surface area is 109 Å². The van der Waals surface area contributed by atoms with E-state index in [1.54, 1.807) is 4.90 Å². The molecule has 1 saturated heterocycles. The molecule has 18 heavy (non-hydrogen) atoms. The highest BCUT2D eigenvalue weighted by Gasteiger charge is 2.21. The van der Waals surface area contributed by atoms with Crippen LogP contribution in [0.3, 0.4) is 0 Å². The Hall–Kier alpha value is -0.820. The lowest BCUT2D eigenvalue weighted by Crippen LogP contribution is -2.46. The fourth-order valence-corrected chi connectivity index (χ4v) is 2.68. The molecule has 0 radical (unpaired) electrons. The molecule has 1 unspecified atom stereocenters. The molecule has 0 saturated carbocycles. The number of sulfonamides is 1. The minimum absolute atomic E-state index is 0.0604. The van der Waals surface area contributed by atoms with E-state index in [4.69, 9.17) is 0 Å². The van der Waals surface area contributed by atoms with Crippen LogP contribution in [0.25, 0.3) is 0 Å². The molecule has 1 atom stereocenters. The second kappa shape index (κ2) is 6.38. The zero-order chi connectivity index (χ0) is 13.8. The molecule has 6 nitrogen and oxygen atoms in total. The number of rotatable bonds is 4. The number of likely N-dealkylation sites (tertiary alicyclic amines) is 1. The summed E-state index contributed by atoms with van der Waals surface area (Å²) in [5.74, 6) is 0.463. The van der Waals surface area contributed by atoms with Crippen molar-refractivity contribution in [3.63, 3.8) is 0 Å². The molecule has 0 aromatic rings. The molecule has 0 spiro atoms. The second-order valence-electron chi connectivity index (χ2n) is 5.02. The Balaban J connectivity index is 2.33. The molecule has 0 aliphatic carbocycles. The van der Waals surface area contributed by atoms with Crippen LogP contribution in [-0.4, -0.2) is 63.1 Å². The van der Waals surface area contributed by atoms with Crippen LogP contribution in [0, 0.1) is 5.92 Å². The third-order valence-corrected chi connectivity index (χ3v) is 4.97. The van der Waals surface area contributed by atoms with E-state index in [0.717, 1.165) is 25.9 Å².